The number of methoxy groups -OCH3 is 1. The van der Waals surface area contributed by atoms with Crippen LogP contribution in [0, 0.1) is 0 Å². The minimum Gasteiger partial charge on any atom is -0.497 e. The minimum absolute atomic E-state index is 0.224. The number of carbonyl (C=O) groups excluding carboxylic acids is 1. The number of nitrogens with one attached hydrogen (secondary N) is 1. The molecule has 0 saturated heterocycles. The molecule has 4 aromatic rings. The van der Waals surface area contributed by atoms with Crippen LogP contribution in [-0.4, -0.2) is 18.0 Å². The molecule has 0 saturated carbocycles. The summed E-state index contributed by atoms with van der Waals surface area (Å²) in [4.78, 5) is 16.8. The van der Waals surface area contributed by atoms with Crippen molar-refractivity contribution in [2.75, 3.05) is 12.4 Å². The van der Waals surface area contributed by atoms with Crippen molar-refractivity contribution in [3.63, 3.8) is 0 Å². The molecule has 0 atom stereocenters. The Labute approximate surface area is 160 Å². The molecule has 0 bridgehead atoms. The molecule has 0 aliphatic carbocycles. The van der Waals surface area contributed by atoms with Crippen molar-refractivity contribution in [2.24, 2.45) is 0 Å². The zero-order chi connectivity index (χ0) is 18.8. The summed E-state index contributed by atoms with van der Waals surface area (Å²) in [6.45, 7) is 0. The third-order valence-electron chi connectivity index (χ3n) is 4.07. The average Bonchev–Trinajstić information content (AvgIpc) is 3.12. The fourth-order valence-corrected chi connectivity index (χ4v) is 2.81. The normalized spacial score (nSPS) is 10.7. The monoisotopic (exact) mass is 378 g/mol. The van der Waals surface area contributed by atoms with Crippen molar-refractivity contribution in [2.45, 2.75) is 0 Å². The smallest absolute Gasteiger partial charge is 0.255 e. The van der Waals surface area contributed by atoms with Crippen LogP contribution in [0.25, 0.3) is 22.6 Å². The Morgan fingerprint density at radius 1 is 1.07 bits per heavy atom. The van der Waals surface area contributed by atoms with Gasteiger partial charge in [0.05, 0.1) is 7.11 Å². The van der Waals surface area contributed by atoms with Crippen LogP contribution in [0.3, 0.4) is 0 Å². The number of hydrogen-bond donors (Lipinski definition) is 1. The van der Waals surface area contributed by atoms with Crippen molar-refractivity contribution < 1.29 is 13.9 Å². The lowest BCUT2D eigenvalue weighted by molar-refractivity contribution is 0.102. The third-order valence-corrected chi connectivity index (χ3v) is 4.32. The summed E-state index contributed by atoms with van der Waals surface area (Å²) >= 11 is 5.85. The van der Waals surface area contributed by atoms with Gasteiger partial charge in [0, 0.05) is 27.9 Å². The molecule has 5 nitrogen and oxygen atoms in total. The van der Waals surface area contributed by atoms with E-state index in [1.807, 2.05) is 24.3 Å². The van der Waals surface area contributed by atoms with Gasteiger partial charge in [-0.15, -0.1) is 0 Å². The number of aromatic nitrogens is 1. The highest BCUT2D eigenvalue weighted by molar-refractivity contribution is 6.30. The Morgan fingerprint density at radius 3 is 2.67 bits per heavy atom. The van der Waals surface area contributed by atoms with Gasteiger partial charge in [0.15, 0.2) is 5.58 Å². The quantitative estimate of drug-likeness (QED) is 0.515. The van der Waals surface area contributed by atoms with Crippen molar-refractivity contribution in [1.82, 2.24) is 4.98 Å². The molecule has 1 N–H and O–H groups in total. The Morgan fingerprint density at radius 2 is 1.89 bits per heavy atom. The zero-order valence-corrected chi connectivity index (χ0v) is 15.2. The van der Waals surface area contributed by atoms with Crippen LogP contribution in [0.2, 0.25) is 5.02 Å². The van der Waals surface area contributed by atoms with Gasteiger partial charge in [-0.2, -0.15) is 0 Å². The Hall–Kier alpha value is -3.31. The van der Waals surface area contributed by atoms with E-state index in [2.05, 4.69) is 10.3 Å². The summed E-state index contributed by atoms with van der Waals surface area (Å²) in [5.41, 5.74) is 3.25. The summed E-state index contributed by atoms with van der Waals surface area (Å²) in [5, 5.41) is 3.43. The first-order valence-electron chi connectivity index (χ1n) is 8.24. The molecule has 6 heteroatoms. The second kappa shape index (κ2) is 7.13. The predicted octanol–water partition coefficient (Wildman–Crippen LogP) is 5.41. The number of oxazole rings is 1. The molecule has 27 heavy (non-hydrogen) atoms. The van der Waals surface area contributed by atoms with E-state index in [0.717, 1.165) is 11.3 Å². The fourth-order valence-electron chi connectivity index (χ4n) is 2.69. The maximum absolute atomic E-state index is 12.3. The van der Waals surface area contributed by atoms with Gasteiger partial charge in [0.25, 0.3) is 5.91 Å². The molecule has 134 valence electrons. The number of hydrogen-bond acceptors (Lipinski definition) is 4. The van der Waals surface area contributed by atoms with E-state index in [4.69, 9.17) is 20.8 Å². The van der Waals surface area contributed by atoms with Gasteiger partial charge in [-0.3, -0.25) is 4.79 Å². The van der Waals surface area contributed by atoms with Crippen molar-refractivity contribution >= 4 is 34.3 Å². The second-order valence-electron chi connectivity index (χ2n) is 5.89. The molecule has 0 radical (unpaired) electrons. The summed E-state index contributed by atoms with van der Waals surface area (Å²) in [6.07, 6.45) is 0. The van der Waals surface area contributed by atoms with E-state index in [9.17, 15) is 4.79 Å². The van der Waals surface area contributed by atoms with Gasteiger partial charge in [-0.05, 0) is 54.6 Å². The van der Waals surface area contributed by atoms with Crippen molar-refractivity contribution in [1.29, 1.82) is 0 Å². The summed E-state index contributed by atoms with van der Waals surface area (Å²) in [5.74, 6) is 0.995. The summed E-state index contributed by atoms with van der Waals surface area (Å²) in [6, 6.07) is 19.5. The third kappa shape index (κ3) is 3.64. The van der Waals surface area contributed by atoms with Gasteiger partial charge in [0.2, 0.25) is 5.89 Å². The SMILES string of the molecule is COc1cccc(-c2nc3ccc(NC(=O)c4ccc(Cl)cc4)cc3o2)c1. The Bertz CT molecular complexity index is 1120. The molecule has 0 spiro atoms. The molecular formula is C21H15ClN2O3. The maximum atomic E-state index is 12.3. The lowest BCUT2D eigenvalue weighted by atomic mass is 10.2. The number of carbonyl (C=O) groups is 1. The molecule has 1 heterocycles. The van der Waals surface area contributed by atoms with Crippen molar-refractivity contribution in [3.8, 4) is 17.2 Å². The summed E-state index contributed by atoms with van der Waals surface area (Å²) < 4.78 is 11.1. The van der Waals surface area contributed by atoms with Gasteiger partial charge >= 0.3 is 0 Å². The molecule has 0 aliphatic heterocycles. The highest BCUT2D eigenvalue weighted by Crippen LogP contribution is 2.28. The van der Waals surface area contributed by atoms with E-state index in [1.165, 1.54) is 0 Å². The van der Waals surface area contributed by atoms with Gasteiger partial charge in [-0.25, -0.2) is 4.98 Å². The first-order valence-corrected chi connectivity index (χ1v) is 8.62. The average molecular weight is 379 g/mol. The van der Waals surface area contributed by atoms with Crippen LogP contribution >= 0.6 is 11.6 Å². The first-order chi connectivity index (χ1) is 13.1. The maximum Gasteiger partial charge on any atom is 0.255 e. The van der Waals surface area contributed by atoms with E-state index >= 15 is 0 Å². The molecule has 1 aromatic heterocycles. The number of nitrogens with zero attached hydrogens (tertiary/aromatic N) is 1. The summed E-state index contributed by atoms with van der Waals surface area (Å²) in [7, 11) is 1.61. The van der Waals surface area contributed by atoms with E-state index < -0.39 is 0 Å². The number of halogens is 1. The number of benzene rings is 3. The van der Waals surface area contributed by atoms with Crippen LogP contribution in [0.1, 0.15) is 10.4 Å². The molecule has 1 amide bonds. The standard InChI is InChI=1S/C21H15ClN2O3/c1-26-17-4-2-3-14(11-17)21-24-18-10-9-16(12-19(18)27-21)23-20(25)13-5-7-15(22)8-6-13/h2-12H,1H3,(H,23,25). The van der Waals surface area contributed by atoms with Gasteiger partial charge in [-0.1, -0.05) is 17.7 Å². The fraction of sp³-hybridized carbons (Fsp3) is 0.0476. The molecule has 0 fully saturated rings. The molecule has 0 aliphatic rings. The molecular weight excluding hydrogens is 364 g/mol. The highest BCUT2D eigenvalue weighted by Gasteiger charge is 2.11. The number of fused-ring (bicyclic) bond motifs is 1. The first kappa shape index (κ1) is 17.1. The Kier molecular flexibility index (Phi) is 4.52. The second-order valence-corrected chi connectivity index (χ2v) is 6.33. The van der Waals surface area contributed by atoms with Crippen LogP contribution in [0.15, 0.2) is 71.1 Å². The number of amides is 1. The van der Waals surface area contributed by atoms with Crippen LogP contribution in [-0.2, 0) is 0 Å². The number of ether oxygens (including phenoxy) is 1. The largest absolute Gasteiger partial charge is 0.497 e. The molecule has 3 aromatic carbocycles. The van der Waals surface area contributed by atoms with Crippen LogP contribution in [0.4, 0.5) is 5.69 Å². The van der Waals surface area contributed by atoms with E-state index in [1.54, 1.807) is 49.6 Å². The molecule has 0 unspecified atom stereocenters. The zero-order valence-electron chi connectivity index (χ0n) is 14.4. The van der Waals surface area contributed by atoms with Crippen LogP contribution < -0.4 is 10.1 Å². The van der Waals surface area contributed by atoms with E-state index in [0.29, 0.717) is 33.3 Å². The van der Waals surface area contributed by atoms with E-state index in [-0.39, 0.29) is 5.91 Å². The lowest BCUT2D eigenvalue weighted by Gasteiger charge is -2.05. The highest BCUT2D eigenvalue weighted by atomic mass is 35.5. The topological polar surface area (TPSA) is 64.4 Å². The predicted molar refractivity (Wildman–Crippen MR) is 105 cm³/mol. The minimum atomic E-state index is -0.224. The molecule has 4 rings (SSSR count). The van der Waals surface area contributed by atoms with Crippen molar-refractivity contribution in [3.05, 3.63) is 77.3 Å². The number of rotatable bonds is 4. The Balaban J connectivity index is 1.60. The van der Waals surface area contributed by atoms with Crippen LogP contribution in [0.5, 0.6) is 5.75 Å². The lowest BCUT2D eigenvalue weighted by Crippen LogP contribution is -2.11. The van der Waals surface area contributed by atoms with Gasteiger partial charge in [0.1, 0.15) is 11.3 Å². The van der Waals surface area contributed by atoms with Gasteiger partial charge < -0.3 is 14.5 Å². The number of anilines is 1.